The first-order valence-electron chi connectivity index (χ1n) is 3.23. The fourth-order valence-corrected chi connectivity index (χ4v) is 1.58. The van der Waals surface area contributed by atoms with E-state index in [9.17, 15) is 17.2 Å². The van der Waals surface area contributed by atoms with Crippen molar-refractivity contribution < 1.29 is 26.9 Å². The highest BCUT2D eigenvalue weighted by Gasteiger charge is 2.38. The summed E-state index contributed by atoms with van der Waals surface area (Å²) in [4.78, 5) is 0. The zero-order valence-corrected chi connectivity index (χ0v) is 7.13. The van der Waals surface area contributed by atoms with Gasteiger partial charge in [-0.25, -0.2) is 8.78 Å². The number of alkyl halides is 2. The van der Waals surface area contributed by atoms with Gasteiger partial charge in [0.05, 0.1) is 6.10 Å². The van der Waals surface area contributed by atoms with Gasteiger partial charge in [-0.2, -0.15) is 8.42 Å². The largest absolute Gasteiger partial charge is 0.391 e. The third kappa shape index (κ3) is 3.00. The first kappa shape index (κ1) is 11.7. The number of hydrogen-bond acceptors (Lipinski definition) is 3. The van der Waals surface area contributed by atoms with Crippen molar-refractivity contribution in [1.82, 2.24) is 0 Å². The van der Waals surface area contributed by atoms with Gasteiger partial charge in [-0.15, -0.1) is 0 Å². The van der Waals surface area contributed by atoms with Crippen LogP contribution in [0.4, 0.5) is 8.78 Å². The molecule has 0 aromatic carbocycles. The van der Waals surface area contributed by atoms with E-state index in [0.717, 1.165) is 0 Å². The minimum atomic E-state index is -4.88. The molecular formula is C5H10F2O4S. The summed E-state index contributed by atoms with van der Waals surface area (Å²) in [5.41, 5.74) is 0. The van der Waals surface area contributed by atoms with Crippen LogP contribution in [0.15, 0.2) is 0 Å². The summed E-state index contributed by atoms with van der Waals surface area (Å²) < 4.78 is 52.7. The molecule has 74 valence electrons. The van der Waals surface area contributed by atoms with Gasteiger partial charge in [0, 0.05) is 0 Å². The molecule has 0 saturated heterocycles. The second-order valence-electron chi connectivity index (χ2n) is 2.29. The topological polar surface area (TPSA) is 74.6 Å². The minimum Gasteiger partial charge on any atom is -0.391 e. The fourth-order valence-electron chi connectivity index (χ4n) is 0.729. The summed E-state index contributed by atoms with van der Waals surface area (Å²) >= 11 is 0. The molecule has 12 heavy (non-hydrogen) atoms. The van der Waals surface area contributed by atoms with Crippen molar-refractivity contribution in [3.8, 4) is 0 Å². The van der Waals surface area contributed by atoms with Gasteiger partial charge in [-0.3, -0.25) is 4.55 Å². The van der Waals surface area contributed by atoms with Gasteiger partial charge in [-0.05, 0) is 6.42 Å². The third-order valence-corrected chi connectivity index (χ3v) is 2.60. The zero-order valence-electron chi connectivity index (χ0n) is 6.31. The highest BCUT2D eigenvalue weighted by molar-refractivity contribution is 7.86. The molecular weight excluding hydrogens is 194 g/mol. The Morgan fingerprint density at radius 2 is 1.83 bits per heavy atom. The highest BCUT2D eigenvalue weighted by Crippen LogP contribution is 2.16. The standard InChI is InChI=1S/C5H10F2O4S/c1-2-3(8)4(5(6)7)12(9,10)11/h3-5,8H,2H2,1H3,(H,9,10,11). The monoisotopic (exact) mass is 204 g/mol. The minimum absolute atomic E-state index is 0.158. The molecule has 0 rings (SSSR count). The van der Waals surface area contributed by atoms with E-state index < -0.39 is 27.9 Å². The molecule has 0 fully saturated rings. The van der Waals surface area contributed by atoms with Gasteiger partial charge in [0.15, 0.2) is 5.25 Å². The second kappa shape index (κ2) is 4.11. The molecule has 0 saturated carbocycles. The van der Waals surface area contributed by atoms with Gasteiger partial charge >= 0.3 is 0 Å². The van der Waals surface area contributed by atoms with E-state index in [1.165, 1.54) is 6.92 Å². The van der Waals surface area contributed by atoms with Crippen molar-refractivity contribution in [2.45, 2.75) is 31.1 Å². The lowest BCUT2D eigenvalue weighted by atomic mass is 10.2. The van der Waals surface area contributed by atoms with Crippen LogP contribution in [0.25, 0.3) is 0 Å². The number of rotatable bonds is 4. The quantitative estimate of drug-likeness (QED) is 0.645. The summed E-state index contributed by atoms with van der Waals surface area (Å²) in [5.74, 6) is 0. The van der Waals surface area contributed by atoms with E-state index in [4.69, 9.17) is 9.66 Å². The van der Waals surface area contributed by atoms with Crippen molar-refractivity contribution in [2.75, 3.05) is 0 Å². The third-order valence-electron chi connectivity index (χ3n) is 1.39. The molecule has 0 aliphatic heterocycles. The highest BCUT2D eigenvalue weighted by atomic mass is 32.2. The van der Waals surface area contributed by atoms with Crippen molar-refractivity contribution in [3.05, 3.63) is 0 Å². The lowest BCUT2D eigenvalue weighted by molar-refractivity contribution is 0.0612. The van der Waals surface area contributed by atoms with E-state index in [2.05, 4.69) is 0 Å². The Kier molecular flexibility index (Phi) is 4.01. The molecule has 0 spiro atoms. The summed E-state index contributed by atoms with van der Waals surface area (Å²) in [5, 5.41) is 6.40. The number of aliphatic hydroxyl groups is 1. The van der Waals surface area contributed by atoms with Gasteiger partial charge in [0.2, 0.25) is 0 Å². The van der Waals surface area contributed by atoms with E-state index in [1.54, 1.807) is 0 Å². The average Bonchev–Trinajstić information content (AvgIpc) is 1.83. The molecule has 0 aromatic heterocycles. The van der Waals surface area contributed by atoms with E-state index in [0.29, 0.717) is 0 Å². The summed E-state index contributed by atoms with van der Waals surface area (Å²) in [6, 6.07) is 0. The molecule has 0 aliphatic carbocycles. The maximum Gasteiger partial charge on any atom is 0.276 e. The van der Waals surface area contributed by atoms with E-state index >= 15 is 0 Å². The molecule has 0 bridgehead atoms. The normalized spacial score (nSPS) is 17.8. The number of halogens is 2. The van der Waals surface area contributed by atoms with Crippen LogP contribution in [0.3, 0.4) is 0 Å². The predicted octanol–water partition coefficient (Wildman–Crippen LogP) is 0.279. The molecule has 7 heteroatoms. The zero-order chi connectivity index (χ0) is 9.94. The Balaban J connectivity index is 4.69. The van der Waals surface area contributed by atoms with Gasteiger partial charge in [-0.1, -0.05) is 6.92 Å². The summed E-state index contributed by atoms with van der Waals surface area (Å²) in [6.07, 6.45) is -5.18. The maximum atomic E-state index is 11.9. The van der Waals surface area contributed by atoms with Crippen LogP contribution < -0.4 is 0 Å². The Morgan fingerprint density at radius 1 is 1.42 bits per heavy atom. The fraction of sp³-hybridized carbons (Fsp3) is 1.00. The first-order chi connectivity index (χ1) is 5.30. The van der Waals surface area contributed by atoms with E-state index in [1.807, 2.05) is 0 Å². The smallest absolute Gasteiger partial charge is 0.276 e. The molecule has 0 aromatic rings. The van der Waals surface area contributed by atoms with Crippen LogP contribution in [0, 0.1) is 0 Å². The van der Waals surface area contributed by atoms with Gasteiger partial charge < -0.3 is 5.11 Å². The van der Waals surface area contributed by atoms with Crippen molar-refractivity contribution >= 4 is 10.1 Å². The van der Waals surface area contributed by atoms with Crippen molar-refractivity contribution in [1.29, 1.82) is 0 Å². The van der Waals surface area contributed by atoms with Gasteiger partial charge in [0.1, 0.15) is 0 Å². The summed E-state index contributed by atoms with van der Waals surface area (Å²) in [6.45, 7) is 1.34. The first-order valence-corrected chi connectivity index (χ1v) is 4.73. The van der Waals surface area contributed by atoms with E-state index in [-0.39, 0.29) is 6.42 Å². The van der Waals surface area contributed by atoms with Gasteiger partial charge in [0.25, 0.3) is 16.5 Å². The molecule has 0 heterocycles. The molecule has 2 unspecified atom stereocenters. The second-order valence-corrected chi connectivity index (χ2v) is 3.86. The van der Waals surface area contributed by atoms with Crippen LogP contribution in [-0.2, 0) is 10.1 Å². The van der Waals surface area contributed by atoms with Crippen LogP contribution in [0.2, 0.25) is 0 Å². The molecule has 0 radical (unpaired) electrons. The lowest BCUT2D eigenvalue weighted by Crippen LogP contribution is -2.39. The average molecular weight is 204 g/mol. The van der Waals surface area contributed by atoms with Crippen molar-refractivity contribution in [3.63, 3.8) is 0 Å². The molecule has 2 atom stereocenters. The number of hydrogen-bond donors (Lipinski definition) is 2. The number of aliphatic hydroxyl groups excluding tert-OH is 1. The molecule has 4 nitrogen and oxygen atoms in total. The summed E-state index contributed by atoms with van der Waals surface area (Å²) in [7, 11) is -4.88. The Morgan fingerprint density at radius 3 is 1.92 bits per heavy atom. The lowest BCUT2D eigenvalue weighted by Gasteiger charge is -2.17. The van der Waals surface area contributed by atoms with Crippen LogP contribution >= 0.6 is 0 Å². The predicted molar refractivity (Wildman–Crippen MR) is 37.6 cm³/mol. The molecule has 0 aliphatic rings. The van der Waals surface area contributed by atoms with Crippen LogP contribution in [0.1, 0.15) is 13.3 Å². The Bertz CT molecular complexity index is 226. The van der Waals surface area contributed by atoms with Crippen LogP contribution in [-0.4, -0.2) is 35.9 Å². The Labute approximate surface area is 69.0 Å². The van der Waals surface area contributed by atoms with Crippen LogP contribution in [0.5, 0.6) is 0 Å². The molecule has 0 amide bonds. The molecule has 2 N–H and O–H groups in total. The maximum absolute atomic E-state index is 11.9. The Hall–Kier alpha value is -0.270. The SMILES string of the molecule is CCC(O)C(C(F)F)S(=O)(=O)O. The van der Waals surface area contributed by atoms with Crippen molar-refractivity contribution in [2.24, 2.45) is 0 Å².